The number of carbonyl (C=O) groups is 3. The molecule has 7 heteroatoms. The average Bonchev–Trinajstić information content (AvgIpc) is 3.21. The lowest BCUT2D eigenvalue weighted by molar-refractivity contribution is -0.164. The van der Waals surface area contributed by atoms with E-state index in [1.807, 2.05) is 72.8 Å². The molecule has 188 valence electrons. The Hall–Kier alpha value is -4.45. The van der Waals surface area contributed by atoms with Crippen LogP contribution in [-0.4, -0.2) is 40.3 Å². The number of carboxylic acids is 2. The molecule has 0 amide bonds. The van der Waals surface area contributed by atoms with Crippen LogP contribution in [0.25, 0.3) is 11.1 Å². The van der Waals surface area contributed by atoms with Crippen LogP contribution in [0.1, 0.15) is 34.6 Å². The van der Waals surface area contributed by atoms with E-state index in [1.165, 1.54) is 0 Å². The van der Waals surface area contributed by atoms with E-state index < -0.39 is 35.8 Å². The maximum Gasteiger partial charge on any atom is 0.338 e. The van der Waals surface area contributed by atoms with Crippen LogP contribution < -0.4 is 5.73 Å². The Labute approximate surface area is 214 Å². The lowest BCUT2D eigenvalue weighted by atomic mass is 9.82. The van der Waals surface area contributed by atoms with Crippen molar-refractivity contribution in [2.24, 2.45) is 11.7 Å². The summed E-state index contributed by atoms with van der Waals surface area (Å²) in [4.78, 5) is 36.6. The number of aliphatic carboxylic acids is 2. The molecule has 0 spiro atoms. The SMILES string of the molecule is C=C=CC(CC(=O)O)[C@@](N)(C(=O)O)C(=O)OCC1c2ccccc2-c2cccc(Cc3ccccc3)c21. The van der Waals surface area contributed by atoms with Gasteiger partial charge >= 0.3 is 17.9 Å². The Balaban J connectivity index is 1.68. The third-order valence-corrected chi connectivity index (χ3v) is 6.78. The highest BCUT2D eigenvalue weighted by Gasteiger charge is 2.51. The number of hydrogen-bond acceptors (Lipinski definition) is 5. The van der Waals surface area contributed by atoms with Crippen LogP contribution >= 0.6 is 0 Å². The third-order valence-electron chi connectivity index (χ3n) is 6.78. The van der Waals surface area contributed by atoms with E-state index in [0.717, 1.165) is 39.5 Å². The molecule has 4 N–H and O–H groups in total. The number of ether oxygens (including phenoxy) is 1. The molecule has 3 atom stereocenters. The first kappa shape index (κ1) is 25.6. The summed E-state index contributed by atoms with van der Waals surface area (Å²) < 4.78 is 5.57. The minimum atomic E-state index is -2.62. The molecule has 1 aliphatic rings. The van der Waals surface area contributed by atoms with Crippen LogP contribution in [0.3, 0.4) is 0 Å². The number of rotatable bonds is 10. The van der Waals surface area contributed by atoms with Crippen LogP contribution in [0.5, 0.6) is 0 Å². The molecule has 4 rings (SSSR count). The van der Waals surface area contributed by atoms with Crippen LogP contribution in [0.15, 0.2) is 91.2 Å². The summed E-state index contributed by atoms with van der Waals surface area (Å²) in [5.41, 5.74) is 12.0. The summed E-state index contributed by atoms with van der Waals surface area (Å²) in [7, 11) is 0. The minimum Gasteiger partial charge on any atom is -0.481 e. The minimum absolute atomic E-state index is 0.154. The maximum atomic E-state index is 13.2. The molecule has 0 aromatic heterocycles. The Bertz CT molecular complexity index is 1390. The molecule has 37 heavy (non-hydrogen) atoms. The van der Waals surface area contributed by atoms with E-state index in [9.17, 15) is 24.6 Å². The van der Waals surface area contributed by atoms with Crippen molar-refractivity contribution in [3.05, 3.63) is 113 Å². The van der Waals surface area contributed by atoms with Crippen molar-refractivity contribution >= 4 is 17.9 Å². The van der Waals surface area contributed by atoms with Gasteiger partial charge in [0.2, 0.25) is 5.54 Å². The van der Waals surface area contributed by atoms with Crippen molar-refractivity contribution in [1.82, 2.24) is 0 Å². The monoisotopic (exact) mass is 497 g/mol. The molecule has 2 unspecified atom stereocenters. The van der Waals surface area contributed by atoms with Crippen molar-refractivity contribution in [1.29, 1.82) is 0 Å². The second-order valence-electron chi connectivity index (χ2n) is 9.03. The van der Waals surface area contributed by atoms with Gasteiger partial charge in [0, 0.05) is 11.8 Å². The van der Waals surface area contributed by atoms with Crippen molar-refractivity contribution in [3.63, 3.8) is 0 Å². The van der Waals surface area contributed by atoms with Crippen molar-refractivity contribution in [2.45, 2.75) is 24.3 Å². The molecule has 0 fully saturated rings. The number of benzene rings is 3. The Morgan fingerprint density at radius 3 is 2.35 bits per heavy atom. The topological polar surface area (TPSA) is 127 Å². The fourth-order valence-corrected chi connectivity index (χ4v) is 4.96. The van der Waals surface area contributed by atoms with Gasteiger partial charge in [-0.2, -0.15) is 0 Å². The Kier molecular flexibility index (Phi) is 7.39. The first-order valence-corrected chi connectivity index (χ1v) is 11.8. The van der Waals surface area contributed by atoms with E-state index in [1.54, 1.807) is 0 Å². The predicted molar refractivity (Wildman–Crippen MR) is 138 cm³/mol. The molecular formula is C30H27NO6. The molecule has 0 aliphatic heterocycles. The Morgan fingerprint density at radius 2 is 1.68 bits per heavy atom. The van der Waals surface area contributed by atoms with Gasteiger partial charge in [0.15, 0.2) is 0 Å². The van der Waals surface area contributed by atoms with Crippen LogP contribution in [-0.2, 0) is 25.5 Å². The number of carboxylic acid groups (broad SMARTS) is 2. The van der Waals surface area contributed by atoms with Crippen LogP contribution in [0, 0.1) is 5.92 Å². The van der Waals surface area contributed by atoms with Gasteiger partial charge in [-0.05, 0) is 45.9 Å². The molecule has 0 radical (unpaired) electrons. The molecule has 0 saturated carbocycles. The van der Waals surface area contributed by atoms with E-state index >= 15 is 0 Å². The standard InChI is InChI=1S/C30H27NO6/c1-2-9-21(17-26(32)33)30(31,28(34)35)29(36)37-18-25-23-14-7-6-13-22(23)24-15-8-12-20(27(24)25)16-19-10-4-3-5-11-19/h3-15,21,25H,1,16-18,31H2,(H,32,33)(H,34,35)/t21?,25?,30-/m1/s1. The lowest BCUT2D eigenvalue weighted by Gasteiger charge is -2.29. The lowest BCUT2D eigenvalue weighted by Crippen LogP contribution is -2.61. The average molecular weight is 498 g/mol. The van der Waals surface area contributed by atoms with E-state index in [4.69, 9.17) is 10.5 Å². The summed E-state index contributed by atoms with van der Waals surface area (Å²) in [5, 5.41) is 19.1. The van der Waals surface area contributed by atoms with Gasteiger partial charge in [-0.15, -0.1) is 5.73 Å². The molecule has 3 aromatic carbocycles. The van der Waals surface area contributed by atoms with Crippen molar-refractivity contribution in [2.75, 3.05) is 6.61 Å². The zero-order valence-corrected chi connectivity index (χ0v) is 20.1. The van der Waals surface area contributed by atoms with E-state index in [0.29, 0.717) is 6.42 Å². The molecule has 0 saturated heterocycles. The Morgan fingerprint density at radius 1 is 1.00 bits per heavy atom. The largest absolute Gasteiger partial charge is 0.481 e. The summed E-state index contributed by atoms with van der Waals surface area (Å²) in [6.45, 7) is 3.21. The second-order valence-corrected chi connectivity index (χ2v) is 9.03. The van der Waals surface area contributed by atoms with E-state index in [-0.39, 0.29) is 12.5 Å². The molecule has 1 aliphatic carbocycles. The van der Waals surface area contributed by atoms with Gasteiger partial charge in [0.05, 0.1) is 6.42 Å². The summed E-state index contributed by atoms with van der Waals surface area (Å²) in [6, 6.07) is 23.9. The summed E-state index contributed by atoms with van der Waals surface area (Å²) in [6.07, 6.45) is 1.06. The summed E-state index contributed by atoms with van der Waals surface area (Å²) in [5.74, 6) is -5.97. The molecule has 0 heterocycles. The number of carbonyl (C=O) groups excluding carboxylic acids is 1. The number of esters is 1. The molecule has 7 nitrogen and oxygen atoms in total. The van der Waals surface area contributed by atoms with Crippen molar-refractivity contribution in [3.8, 4) is 11.1 Å². The second kappa shape index (κ2) is 10.7. The number of nitrogens with two attached hydrogens (primary N) is 1. The molecule has 3 aromatic rings. The number of hydrogen-bond donors (Lipinski definition) is 3. The maximum absolute atomic E-state index is 13.2. The number of fused-ring (bicyclic) bond motifs is 3. The zero-order chi connectivity index (χ0) is 26.6. The normalized spacial score (nSPS) is 15.9. The van der Waals surface area contributed by atoms with Gasteiger partial charge in [-0.25, -0.2) is 9.59 Å². The quantitative estimate of drug-likeness (QED) is 0.218. The third kappa shape index (κ3) is 4.96. The van der Waals surface area contributed by atoms with Crippen molar-refractivity contribution < 1.29 is 29.3 Å². The highest BCUT2D eigenvalue weighted by molar-refractivity contribution is 6.05. The first-order chi connectivity index (χ1) is 17.8. The van der Waals surface area contributed by atoms with Crippen LogP contribution in [0.2, 0.25) is 0 Å². The smallest absolute Gasteiger partial charge is 0.338 e. The molecule has 0 bridgehead atoms. The summed E-state index contributed by atoms with van der Waals surface area (Å²) >= 11 is 0. The highest BCUT2D eigenvalue weighted by atomic mass is 16.5. The van der Waals surface area contributed by atoms with Gasteiger partial charge in [-0.3, -0.25) is 4.79 Å². The van der Waals surface area contributed by atoms with Gasteiger partial charge < -0.3 is 20.7 Å². The van der Waals surface area contributed by atoms with Crippen LogP contribution in [0.4, 0.5) is 0 Å². The van der Waals surface area contributed by atoms with E-state index in [2.05, 4.69) is 12.3 Å². The first-order valence-electron chi connectivity index (χ1n) is 11.8. The molecular weight excluding hydrogens is 470 g/mol. The fraction of sp³-hybridized carbons (Fsp3) is 0.200. The highest BCUT2D eigenvalue weighted by Crippen LogP contribution is 2.47. The predicted octanol–water partition coefficient (Wildman–Crippen LogP) is 4.15. The van der Waals surface area contributed by atoms with Gasteiger partial charge in [0.25, 0.3) is 0 Å². The fourth-order valence-electron chi connectivity index (χ4n) is 4.96. The van der Waals surface area contributed by atoms with Gasteiger partial charge in [0.1, 0.15) is 6.61 Å². The zero-order valence-electron chi connectivity index (χ0n) is 20.1. The van der Waals surface area contributed by atoms with Gasteiger partial charge in [-0.1, -0.05) is 79.4 Å².